The highest BCUT2D eigenvalue weighted by Crippen LogP contribution is 2.19. The molecule has 0 unspecified atom stereocenters. The van der Waals surface area contributed by atoms with Crippen molar-refractivity contribution in [2.24, 2.45) is 10.1 Å². The largest absolute Gasteiger partial charge is 0.466 e. The molecule has 1 heterocycles. The van der Waals surface area contributed by atoms with E-state index < -0.39 is 11.9 Å². The predicted molar refractivity (Wildman–Crippen MR) is 96.0 cm³/mol. The minimum absolute atomic E-state index is 0.00297. The average Bonchev–Trinajstić information content (AvgIpc) is 2.91. The van der Waals surface area contributed by atoms with Gasteiger partial charge in [-0.05, 0) is 12.0 Å². The zero-order chi connectivity index (χ0) is 18.4. The molecule has 1 aromatic rings. The maximum atomic E-state index is 12.6. The molecule has 1 aliphatic heterocycles. The molecule has 0 spiro atoms. The second-order valence-corrected chi connectivity index (χ2v) is 5.64. The molecule has 132 valence electrons. The van der Waals surface area contributed by atoms with Gasteiger partial charge in [0.15, 0.2) is 0 Å². The van der Waals surface area contributed by atoms with Crippen molar-refractivity contribution < 1.29 is 14.3 Å². The van der Waals surface area contributed by atoms with Crippen molar-refractivity contribution in [3.63, 3.8) is 0 Å². The fraction of sp³-hybridized carbons (Fsp3) is 0.333. The second kappa shape index (κ2) is 8.23. The molecule has 0 saturated heterocycles. The SMILES string of the molecule is CCC/C(=N/N1C(=O)/C(=C\C(=O)OC)N=C1N(C)C)c1ccccc1. The minimum Gasteiger partial charge on any atom is -0.466 e. The lowest BCUT2D eigenvalue weighted by Gasteiger charge is -2.19. The Morgan fingerprint density at radius 3 is 2.56 bits per heavy atom. The molecule has 7 heteroatoms. The maximum Gasteiger partial charge on any atom is 0.332 e. The maximum absolute atomic E-state index is 12.6. The van der Waals surface area contributed by atoms with Crippen LogP contribution in [0.2, 0.25) is 0 Å². The molecule has 0 saturated carbocycles. The van der Waals surface area contributed by atoms with Crippen LogP contribution in [0.5, 0.6) is 0 Å². The van der Waals surface area contributed by atoms with Crippen molar-refractivity contribution in [2.45, 2.75) is 19.8 Å². The van der Waals surface area contributed by atoms with Crippen LogP contribution in [0.25, 0.3) is 0 Å². The molecule has 0 fully saturated rings. The zero-order valence-corrected chi connectivity index (χ0v) is 14.9. The summed E-state index contributed by atoms with van der Waals surface area (Å²) in [7, 11) is 4.77. The number of rotatable bonds is 5. The van der Waals surface area contributed by atoms with Gasteiger partial charge < -0.3 is 9.64 Å². The van der Waals surface area contributed by atoms with E-state index in [2.05, 4.69) is 14.8 Å². The van der Waals surface area contributed by atoms with Crippen LogP contribution in [-0.4, -0.2) is 54.7 Å². The number of amides is 1. The van der Waals surface area contributed by atoms with Gasteiger partial charge in [-0.15, -0.1) is 0 Å². The smallest absolute Gasteiger partial charge is 0.332 e. The third-order valence-corrected chi connectivity index (χ3v) is 3.49. The van der Waals surface area contributed by atoms with Gasteiger partial charge in [-0.25, -0.2) is 9.79 Å². The Kier molecular flexibility index (Phi) is 6.05. The van der Waals surface area contributed by atoms with E-state index in [9.17, 15) is 9.59 Å². The van der Waals surface area contributed by atoms with Crippen LogP contribution in [0.15, 0.2) is 52.2 Å². The van der Waals surface area contributed by atoms with Crippen LogP contribution in [0.3, 0.4) is 0 Å². The lowest BCUT2D eigenvalue weighted by molar-refractivity contribution is -0.135. The molecule has 1 aromatic carbocycles. The number of methoxy groups -OCH3 is 1. The van der Waals surface area contributed by atoms with Crippen LogP contribution in [0.4, 0.5) is 0 Å². The molecule has 0 radical (unpaired) electrons. The summed E-state index contributed by atoms with van der Waals surface area (Å²) >= 11 is 0. The van der Waals surface area contributed by atoms with Gasteiger partial charge in [0.25, 0.3) is 5.91 Å². The molecule has 0 bridgehead atoms. The number of hydrogen-bond donors (Lipinski definition) is 0. The van der Waals surface area contributed by atoms with Gasteiger partial charge in [0.05, 0.1) is 18.9 Å². The van der Waals surface area contributed by atoms with Crippen LogP contribution >= 0.6 is 0 Å². The van der Waals surface area contributed by atoms with Gasteiger partial charge in [0.1, 0.15) is 5.70 Å². The Bertz CT molecular complexity index is 736. The van der Waals surface area contributed by atoms with Gasteiger partial charge in [-0.3, -0.25) is 4.79 Å². The van der Waals surface area contributed by atoms with E-state index >= 15 is 0 Å². The van der Waals surface area contributed by atoms with Crippen LogP contribution < -0.4 is 0 Å². The fourth-order valence-electron chi connectivity index (χ4n) is 2.29. The molecule has 0 atom stereocenters. The highest BCUT2D eigenvalue weighted by molar-refractivity contribution is 6.14. The van der Waals surface area contributed by atoms with Crippen LogP contribution in [0, 0.1) is 0 Å². The summed E-state index contributed by atoms with van der Waals surface area (Å²) in [4.78, 5) is 30.0. The molecular formula is C18H22N4O3. The number of esters is 1. The Morgan fingerprint density at radius 1 is 1.32 bits per heavy atom. The van der Waals surface area contributed by atoms with E-state index in [4.69, 9.17) is 0 Å². The van der Waals surface area contributed by atoms with Crippen molar-refractivity contribution in [3.8, 4) is 0 Å². The van der Waals surface area contributed by atoms with Crippen molar-refractivity contribution in [2.75, 3.05) is 21.2 Å². The molecule has 0 N–H and O–H groups in total. The lowest BCUT2D eigenvalue weighted by Crippen LogP contribution is -2.37. The van der Waals surface area contributed by atoms with Crippen molar-refractivity contribution in [1.29, 1.82) is 0 Å². The average molecular weight is 342 g/mol. The van der Waals surface area contributed by atoms with Gasteiger partial charge in [0, 0.05) is 14.1 Å². The van der Waals surface area contributed by atoms with E-state index in [0.29, 0.717) is 12.4 Å². The predicted octanol–water partition coefficient (Wildman–Crippen LogP) is 2.01. The van der Waals surface area contributed by atoms with E-state index in [-0.39, 0.29) is 5.70 Å². The standard InChI is InChI=1S/C18H22N4O3/c1-5-9-14(13-10-7-6-8-11-13)20-22-17(24)15(12-16(23)25-4)19-18(22)21(2)3/h6-8,10-12H,5,9H2,1-4H3/b15-12+,20-14-. The Labute approximate surface area is 147 Å². The highest BCUT2D eigenvalue weighted by Gasteiger charge is 2.33. The van der Waals surface area contributed by atoms with E-state index in [1.165, 1.54) is 12.1 Å². The molecule has 7 nitrogen and oxygen atoms in total. The van der Waals surface area contributed by atoms with E-state index in [1.54, 1.807) is 19.0 Å². The van der Waals surface area contributed by atoms with Crippen LogP contribution in [-0.2, 0) is 14.3 Å². The minimum atomic E-state index is -0.632. The third kappa shape index (κ3) is 4.32. The molecule has 2 rings (SSSR count). The third-order valence-electron chi connectivity index (χ3n) is 3.49. The summed E-state index contributed by atoms with van der Waals surface area (Å²) in [5, 5.41) is 5.77. The summed E-state index contributed by atoms with van der Waals surface area (Å²) in [5.74, 6) is -0.740. The normalized spacial score (nSPS) is 16.2. The molecule has 1 aliphatic rings. The van der Waals surface area contributed by atoms with Gasteiger partial charge >= 0.3 is 5.97 Å². The fourth-order valence-corrected chi connectivity index (χ4v) is 2.29. The first-order valence-corrected chi connectivity index (χ1v) is 8.01. The zero-order valence-electron chi connectivity index (χ0n) is 14.9. The molecular weight excluding hydrogens is 320 g/mol. The van der Waals surface area contributed by atoms with Crippen molar-refractivity contribution in [3.05, 3.63) is 47.7 Å². The summed E-state index contributed by atoms with van der Waals surface area (Å²) in [6, 6.07) is 9.68. The van der Waals surface area contributed by atoms with E-state index in [0.717, 1.165) is 23.8 Å². The number of carbonyl (C=O) groups is 2. The number of carbonyl (C=O) groups excluding carboxylic acids is 2. The van der Waals surface area contributed by atoms with Crippen molar-refractivity contribution in [1.82, 2.24) is 9.91 Å². The monoisotopic (exact) mass is 342 g/mol. The first-order chi connectivity index (χ1) is 12.0. The number of ether oxygens (including phenoxy) is 1. The number of hydrazone groups is 1. The van der Waals surface area contributed by atoms with E-state index in [1.807, 2.05) is 37.3 Å². The number of nitrogens with zero attached hydrogens (tertiary/aromatic N) is 4. The summed E-state index contributed by atoms with van der Waals surface area (Å²) in [6.07, 6.45) is 2.67. The molecule has 25 heavy (non-hydrogen) atoms. The molecule has 0 aliphatic carbocycles. The summed E-state index contributed by atoms with van der Waals surface area (Å²) < 4.78 is 4.58. The Hall–Kier alpha value is -2.96. The van der Waals surface area contributed by atoms with Gasteiger partial charge in [-0.2, -0.15) is 10.1 Å². The highest BCUT2D eigenvalue weighted by atomic mass is 16.5. The first kappa shape index (κ1) is 18.4. The van der Waals surface area contributed by atoms with Gasteiger partial charge in [-0.1, -0.05) is 43.7 Å². The molecule has 0 aromatic heterocycles. The summed E-state index contributed by atoms with van der Waals surface area (Å²) in [5.41, 5.74) is 1.73. The number of guanidine groups is 1. The first-order valence-electron chi connectivity index (χ1n) is 8.01. The summed E-state index contributed by atoms with van der Waals surface area (Å²) in [6.45, 7) is 2.05. The van der Waals surface area contributed by atoms with Crippen LogP contribution in [0.1, 0.15) is 25.3 Å². The van der Waals surface area contributed by atoms with Crippen molar-refractivity contribution >= 4 is 23.5 Å². The Morgan fingerprint density at radius 2 is 2.00 bits per heavy atom. The quantitative estimate of drug-likeness (QED) is 0.466. The number of aliphatic imine (C=N–C) groups is 1. The topological polar surface area (TPSA) is 74.6 Å². The second-order valence-electron chi connectivity index (χ2n) is 5.64. The molecule has 1 amide bonds. The lowest BCUT2D eigenvalue weighted by atomic mass is 10.1. The van der Waals surface area contributed by atoms with Gasteiger partial charge in [0.2, 0.25) is 5.96 Å². The number of hydrogen-bond acceptors (Lipinski definition) is 6. The Balaban J connectivity index is 2.44. The number of benzene rings is 1.